The van der Waals surface area contributed by atoms with E-state index in [1.165, 1.54) is 28.9 Å². The lowest BCUT2D eigenvalue weighted by Crippen LogP contribution is -2.00. The van der Waals surface area contributed by atoms with Gasteiger partial charge >= 0.3 is 0 Å². The minimum atomic E-state index is 0.677. The van der Waals surface area contributed by atoms with Crippen molar-refractivity contribution in [2.45, 2.75) is 23.0 Å². The van der Waals surface area contributed by atoms with Gasteiger partial charge in [-0.3, -0.25) is 0 Å². The molecule has 0 N–H and O–H groups in total. The number of rotatable bonds is 3. The number of benzene rings is 2. The fraction of sp³-hybridized carbons (Fsp3) is 0.250. The van der Waals surface area contributed by atoms with Crippen LogP contribution in [0.3, 0.4) is 0 Å². The van der Waals surface area contributed by atoms with Crippen molar-refractivity contribution in [3.8, 4) is 5.75 Å². The molecule has 0 bridgehead atoms. The zero-order valence-electron chi connectivity index (χ0n) is 10.4. The van der Waals surface area contributed by atoms with E-state index in [2.05, 4.69) is 36.4 Å². The largest absolute Gasteiger partial charge is 0.497 e. The molecule has 0 fully saturated rings. The highest BCUT2D eigenvalue weighted by atomic mass is 32.2. The lowest BCUT2D eigenvalue weighted by Gasteiger charge is -2.09. The Kier molecular flexibility index (Phi) is 3.28. The van der Waals surface area contributed by atoms with E-state index < -0.39 is 0 Å². The summed E-state index contributed by atoms with van der Waals surface area (Å²) in [5.41, 5.74) is 3.03. The van der Waals surface area contributed by atoms with Gasteiger partial charge in [-0.25, -0.2) is 0 Å². The Morgan fingerprint density at radius 2 is 1.56 bits per heavy atom. The van der Waals surface area contributed by atoms with Gasteiger partial charge in [0.05, 0.1) is 7.11 Å². The molecule has 3 rings (SSSR count). The van der Waals surface area contributed by atoms with Crippen LogP contribution in [0.4, 0.5) is 0 Å². The molecular formula is C16H16OS. The molecular weight excluding hydrogens is 240 g/mol. The Bertz CT molecular complexity index is 508. The molecule has 0 saturated heterocycles. The van der Waals surface area contributed by atoms with Crippen molar-refractivity contribution in [1.82, 2.24) is 0 Å². The second-order valence-corrected chi connectivity index (χ2v) is 5.97. The molecule has 92 valence electrons. The standard InChI is InChI=1S/C16H16OS/c1-17-14-6-8-15(9-7-14)18-16-10-12-4-2-3-5-13(12)11-16/h2-9,16H,10-11H2,1H3. The van der Waals surface area contributed by atoms with E-state index in [4.69, 9.17) is 4.74 Å². The molecule has 0 saturated carbocycles. The van der Waals surface area contributed by atoms with Crippen LogP contribution in [0.5, 0.6) is 5.75 Å². The summed E-state index contributed by atoms with van der Waals surface area (Å²) in [6.07, 6.45) is 2.37. The fourth-order valence-electron chi connectivity index (χ4n) is 2.45. The lowest BCUT2D eigenvalue weighted by molar-refractivity contribution is 0.414. The molecule has 0 unspecified atom stereocenters. The Labute approximate surface area is 112 Å². The summed E-state index contributed by atoms with van der Waals surface area (Å²) in [6.45, 7) is 0. The van der Waals surface area contributed by atoms with Gasteiger partial charge in [-0.15, -0.1) is 11.8 Å². The number of thioether (sulfide) groups is 1. The highest BCUT2D eigenvalue weighted by molar-refractivity contribution is 8.00. The van der Waals surface area contributed by atoms with Crippen LogP contribution in [0.25, 0.3) is 0 Å². The first-order valence-corrected chi connectivity index (χ1v) is 7.10. The van der Waals surface area contributed by atoms with Crippen molar-refractivity contribution in [3.05, 3.63) is 59.7 Å². The van der Waals surface area contributed by atoms with Crippen molar-refractivity contribution in [1.29, 1.82) is 0 Å². The van der Waals surface area contributed by atoms with Gasteiger partial charge in [0.2, 0.25) is 0 Å². The average Bonchev–Trinajstić information content (AvgIpc) is 2.82. The fourth-order valence-corrected chi connectivity index (χ4v) is 3.65. The average molecular weight is 256 g/mol. The van der Waals surface area contributed by atoms with E-state index in [9.17, 15) is 0 Å². The minimum absolute atomic E-state index is 0.677. The predicted octanol–water partition coefficient (Wildman–Crippen LogP) is 3.95. The van der Waals surface area contributed by atoms with Crippen molar-refractivity contribution >= 4 is 11.8 Å². The van der Waals surface area contributed by atoms with Crippen molar-refractivity contribution in [2.24, 2.45) is 0 Å². The quantitative estimate of drug-likeness (QED) is 0.822. The number of methoxy groups -OCH3 is 1. The Balaban J connectivity index is 1.68. The SMILES string of the molecule is COc1ccc(SC2Cc3ccccc3C2)cc1. The van der Waals surface area contributed by atoms with Gasteiger partial charge in [-0.2, -0.15) is 0 Å². The van der Waals surface area contributed by atoms with Crippen LogP contribution in [-0.4, -0.2) is 12.4 Å². The van der Waals surface area contributed by atoms with Crippen LogP contribution in [0.2, 0.25) is 0 Å². The van der Waals surface area contributed by atoms with Gasteiger partial charge in [-0.05, 0) is 48.2 Å². The summed E-state index contributed by atoms with van der Waals surface area (Å²) in [5, 5.41) is 0.677. The van der Waals surface area contributed by atoms with Crippen LogP contribution in [-0.2, 0) is 12.8 Å². The van der Waals surface area contributed by atoms with Crippen LogP contribution < -0.4 is 4.74 Å². The van der Waals surface area contributed by atoms with E-state index in [1.54, 1.807) is 7.11 Å². The molecule has 1 aliphatic rings. The molecule has 1 nitrogen and oxygen atoms in total. The first kappa shape index (κ1) is 11.7. The van der Waals surface area contributed by atoms with E-state index in [0.29, 0.717) is 5.25 Å². The molecule has 0 radical (unpaired) electrons. The minimum Gasteiger partial charge on any atom is -0.497 e. The van der Waals surface area contributed by atoms with Crippen LogP contribution in [0.1, 0.15) is 11.1 Å². The molecule has 0 aliphatic heterocycles. The number of ether oxygens (including phenoxy) is 1. The van der Waals surface area contributed by atoms with Gasteiger partial charge in [0.25, 0.3) is 0 Å². The second kappa shape index (κ2) is 5.07. The van der Waals surface area contributed by atoms with Gasteiger partial charge in [0.1, 0.15) is 5.75 Å². The number of hydrogen-bond donors (Lipinski definition) is 0. The van der Waals surface area contributed by atoms with Crippen molar-refractivity contribution in [2.75, 3.05) is 7.11 Å². The molecule has 0 heterocycles. The summed E-state index contributed by atoms with van der Waals surface area (Å²) in [7, 11) is 1.70. The summed E-state index contributed by atoms with van der Waals surface area (Å²) in [4.78, 5) is 1.33. The molecule has 0 amide bonds. The maximum Gasteiger partial charge on any atom is 0.118 e. The van der Waals surface area contributed by atoms with Crippen LogP contribution in [0, 0.1) is 0 Å². The third-order valence-corrected chi connectivity index (χ3v) is 4.59. The normalized spacial score (nSPS) is 14.5. The summed E-state index contributed by atoms with van der Waals surface area (Å²) in [5.74, 6) is 0.925. The third-order valence-electron chi connectivity index (χ3n) is 3.38. The Hall–Kier alpha value is -1.41. The highest BCUT2D eigenvalue weighted by Crippen LogP contribution is 2.34. The molecule has 2 aromatic rings. The zero-order valence-corrected chi connectivity index (χ0v) is 11.2. The zero-order chi connectivity index (χ0) is 12.4. The highest BCUT2D eigenvalue weighted by Gasteiger charge is 2.21. The second-order valence-electron chi connectivity index (χ2n) is 4.59. The smallest absolute Gasteiger partial charge is 0.118 e. The van der Waals surface area contributed by atoms with E-state index >= 15 is 0 Å². The maximum absolute atomic E-state index is 5.18. The van der Waals surface area contributed by atoms with Gasteiger partial charge in [0, 0.05) is 10.1 Å². The predicted molar refractivity (Wildman–Crippen MR) is 76.5 cm³/mol. The van der Waals surface area contributed by atoms with Crippen LogP contribution >= 0.6 is 11.8 Å². The van der Waals surface area contributed by atoms with E-state index in [-0.39, 0.29) is 0 Å². The molecule has 0 aromatic heterocycles. The Morgan fingerprint density at radius 1 is 0.944 bits per heavy atom. The first-order chi connectivity index (χ1) is 8.85. The molecule has 1 aliphatic carbocycles. The Morgan fingerprint density at radius 3 is 2.11 bits per heavy atom. The molecule has 2 heteroatoms. The van der Waals surface area contributed by atoms with Gasteiger partial charge in [0.15, 0.2) is 0 Å². The van der Waals surface area contributed by atoms with Gasteiger partial charge < -0.3 is 4.74 Å². The van der Waals surface area contributed by atoms with E-state index in [1.807, 2.05) is 23.9 Å². The number of hydrogen-bond acceptors (Lipinski definition) is 2. The van der Waals surface area contributed by atoms with Crippen LogP contribution in [0.15, 0.2) is 53.4 Å². The summed E-state index contributed by atoms with van der Waals surface area (Å²) in [6, 6.07) is 17.1. The molecule has 2 aromatic carbocycles. The molecule has 0 atom stereocenters. The van der Waals surface area contributed by atoms with Crippen molar-refractivity contribution < 1.29 is 4.74 Å². The molecule has 18 heavy (non-hydrogen) atoms. The lowest BCUT2D eigenvalue weighted by atomic mass is 10.1. The third kappa shape index (κ3) is 2.39. The van der Waals surface area contributed by atoms with E-state index in [0.717, 1.165) is 5.75 Å². The maximum atomic E-state index is 5.18. The van der Waals surface area contributed by atoms with Crippen molar-refractivity contribution in [3.63, 3.8) is 0 Å². The topological polar surface area (TPSA) is 9.23 Å². The monoisotopic (exact) mass is 256 g/mol. The molecule has 0 spiro atoms. The first-order valence-electron chi connectivity index (χ1n) is 6.22. The van der Waals surface area contributed by atoms with Gasteiger partial charge in [-0.1, -0.05) is 24.3 Å². The summed E-state index contributed by atoms with van der Waals surface area (Å²) >= 11 is 1.97. The number of fused-ring (bicyclic) bond motifs is 1. The summed E-state index contributed by atoms with van der Waals surface area (Å²) < 4.78 is 5.18.